The molecule has 0 saturated carbocycles. The van der Waals surface area contributed by atoms with Crippen molar-refractivity contribution >= 4 is 0 Å². The minimum absolute atomic E-state index is 0.0252. The molecule has 0 spiro atoms. The molecule has 2 aromatic rings. The van der Waals surface area contributed by atoms with E-state index in [9.17, 15) is 8.78 Å². The summed E-state index contributed by atoms with van der Waals surface area (Å²) in [5, 5.41) is 0. The van der Waals surface area contributed by atoms with Crippen LogP contribution in [0.3, 0.4) is 0 Å². The minimum Gasteiger partial charge on any atom is -0.496 e. The zero-order valence-corrected chi connectivity index (χ0v) is 12.6. The summed E-state index contributed by atoms with van der Waals surface area (Å²) in [6, 6.07) is 9.84. The van der Waals surface area contributed by atoms with Gasteiger partial charge in [-0.25, -0.2) is 8.78 Å². The Bertz CT molecular complexity index is 623. The van der Waals surface area contributed by atoms with Crippen molar-refractivity contribution in [2.24, 2.45) is 0 Å². The van der Waals surface area contributed by atoms with Crippen LogP contribution in [-0.4, -0.2) is 7.11 Å². The van der Waals surface area contributed by atoms with Crippen LogP contribution in [0.1, 0.15) is 36.5 Å². The predicted octanol–water partition coefficient (Wildman–Crippen LogP) is 4.88. The van der Waals surface area contributed by atoms with Gasteiger partial charge in [-0.2, -0.15) is 0 Å². The number of hydrogen-bond donors (Lipinski definition) is 0. The van der Waals surface area contributed by atoms with Crippen molar-refractivity contribution in [2.75, 3.05) is 7.11 Å². The molecule has 0 aliphatic rings. The van der Waals surface area contributed by atoms with E-state index in [0.29, 0.717) is 12.0 Å². The van der Waals surface area contributed by atoms with Gasteiger partial charge in [0.25, 0.3) is 0 Å². The third-order valence-corrected chi connectivity index (χ3v) is 3.77. The Morgan fingerprint density at radius 3 is 2.48 bits per heavy atom. The van der Waals surface area contributed by atoms with Crippen molar-refractivity contribution in [3.8, 4) is 5.75 Å². The van der Waals surface area contributed by atoms with E-state index in [4.69, 9.17) is 4.74 Å². The van der Waals surface area contributed by atoms with E-state index in [2.05, 4.69) is 6.92 Å². The van der Waals surface area contributed by atoms with E-state index in [1.165, 1.54) is 12.1 Å². The number of benzene rings is 2. The van der Waals surface area contributed by atoms with Crippen LogP contribution in [0.5, 0.6) is 5.75 Å². The Balaban J connectivity index is 2.21. The van der Waals surface area contributed by atoms with Crippen molar-refractivity contribution in [3.63, 3.8) is 0 Å². The van der Waals surface area contributed by atoms with Gasteiger partial charge in [0.15, 0.2) is 0 Å². The van der Waals surface area contributed by atoms with Crippen molar-refractivity contribution in [1.82, 2.24) is 0 Å². The molecule has 1 nitrogen and oxygen atoms in total. The molecule has 0 radical (unpaired) electrons. The first-order valence-corrected chi connectivity index (χ1v) is 7.15. The van der Waals surface area contributed by atoms with Crippen LogP contribution in [-0.2, 0) is 12.8 Å². The number of aryl methyl sites for hydroxylation is 1. The smallest absolute Gasteiger partial charge is 0.129 e. The highest BCUT2D eigenvalue weighted by molar-refractivity contribution is 5.38. The Morgan fingerprint density at radius 1 is 1.10 bits per heavy atom. The molecule has 21 heavy (non-hydrogen) atoms. The molecule has 1 atom stereocenters. The zero-order valence-electron chi connectivity index (χ0n) is 12.6. The maximum Gasteiger partial charge on any atom is 0.129 e. The average Bonchev–Trinajstić information content (AvgIpc) is 2.46. The van der Waals surface area contributed by atoms with Crippen molar-refractivity contribution in [2.45, 2.75) is 32.6 Å². The Hall–Kier alpha value is -1.90. The van der Waals surface area contributed by atoms with Gasteiger partial charge in [0.1, 0.15) is 17.4 Å². The number of methoxy groups -OCH3 is 1. The largest absolute Gasteiger partial charge is 0.496 e. The molecule has 0 saturated heterocycles. The Morgan fingerprint density at radius 2 is 1.86 bits per heavy atom. The second kappa shape index (κ2) is 6.70. The predicted molar refractivity (Wildman–Crippen MR) is 80.8 cm³/mol. The highest BCUT2D eigenvalue weighted by atomic mass is 19.1. The van der Waals surface area contributed by atoms with Crippen LogP contribution in [0.4, 0.5) is 8.78 Å². The summed E-state index contributed by atoms with van der Waals surface area (Å²) in [5.74, 6) is -0.193. The maximum atomic E-state index is 13.8. The molecule has 0 aromatic heterocycles. The van der Waals surface area contributed by atoms with E-state index in [0.717, 1.165) is 29.4 Å². The fourth-order valence-electron chi connectivity index (χ4n) is 2.57. The van der Waals surface area contributed by atoms with Gasteiger partial charge in [-0.15, -0.1) is 0 Å². The van der Waals surface area contributed by atoms with Gasteiger partial charge in [0.2, 0.25) is 0 Å². The molecule has 0 fully saturated rings. The molecule has 0 aliphatic carbocycles. The summed E-state index contributed by atoms with van der Waals surface area (Å²) in [5.41, 5.74) is 2.78. The highest BCUT2D eigenvalue weighted by Crippen LogP contribution is 2.27. The molecular formula is C18H20F2O. The van der Waals surface area contributed by atoms with E-state index < -0.39 is 11.6 Å². The molecule has 1 unspecified atom stereocenters. The second-order valence-electron chi connectivity index (χ2n) is 5.27. The summed E-state index contributed by atoms with van der Waals surface area (Å²) in [7, 11) is 1.65. The first-order chi connectivity index (χ1) is 10.0. The summed E-state index contributed by atoms with van der Waals surface area (Å²) >= 11 is 0. The fraction of sp³-hybridized carbons (Fsp3) is 0.333. The normalized spacial score (nSPS) is 12.2. The molecule has 0 amide bonds. The lowest BCUT2D eigenvalue weighted by Crippen LogP contribution is -2.03. The topological polar surface area (TPSA) is 9.23 Å². The van der Waals surface area contributed by atoms with Crippen molar-refractivity contribution in [3.05, 3.63) is 64.7 Å². The summed E-state index contributed by atoms with van der Waals surface area (Å²) < 4.78 is 32.1. The van der Waals surface area contributed by atoms with E-state index in [1.807, 2.05) is 25.1 Å². The fourth-order valence-corrected chi connectivity index (χ4v) is 2.57. The first kappa shape index (κ1) is 15.5. The number of ether oxygens (including phenoxy) is 1. The Labute approximate surface area is 124 Å². The zero-order chi connectivity index (χ0) is 15.4. The number of hydrogen-bond acceptors (Lipinski definition) is 1. The molecule has 0 N–H and O–H groups in total. The van der Waals surface area contributed by atoms with Crippen LogP contribution in [0, 0.1) is 11.6 Å². The Kier molecular flexibility index (Phi) is 4.94. The van der Waals surface area contributed by atoms with Crippen molar-refractivity contribution < 1.29 is 13.5 Å². The third kappa shape index (κ3) is 3.60. The highest BCUT2D eigenvalue weighted by Gasteiger charge is 2.13. The van der Waals surface area contributed by atoms with Crippen LogP contribution in [0.15, 0.2) is 36.4 Å². The summed E-state index contributed by atoms with van der Waals surface area (Å²) in [6.07, 6.45) is 1.59. The van der Waals surface area contributed by atoms with E-state index in [-0.39, 0.29) is 5.92 Å². The standard InChI is InChI=1S/C18H20F2O/c1-4-14-6-5-13(10-18(14)21-3)9-12(2)16-8-7-15(19)11-17(16)20/h5-8,10-12H,4,9H2,1-3H3. The quantitative estimate of drug-likeness (QED) is 0.762. The summed E-state index contributed by atoms with van der Waals surface area (Å²) in [6.45, 7) is 4.02. The average molecular weight is 290 g/mol. The number of rotatable bonds is 5. The van der Waals surface area contributed by atoms with E-state index in [1.54, 1.807) is 7.11 Å². The van der Waals surface area contributed by atoms with Crippen LogP contribution >= 0.6 is 0 Å². The SMILES string of the molecule is CCc1ccc(CC(C)c2ccc(F)cc2F)cc1OC. The third-order valence-electron chi connectivity index (χ3n) is 3.77. The van der Waals surface area contributed by atoms with Gasteiger partial charge in [-0.3, -0.25) is 0 Å². The van der Waals surface area contributed by atoms with Crippen LogP contribution in [0.2, 0.25) is 0 Å². The monoisotopic (exact) mass is 290 g/mol. The molecule has 3 heteroatoms. The lowest BCUT2D eigenvalue weighted by Gasteiger charge is -2.15. The summed E-state index contributed by atoms with van der Waals surface area (Å²) in [4.78, 5) is 0. The van der Waals surface area contributed by atoms with Gasteiger partial charge in [0, 0.05) is 6.07 Å². The van der Waals surface area contributed by atoms with E-state index >= 15 is 0 Å². The van der Waals surface area contributed by atoms with Crippen molar-refractivity contribution in [1.29, 1.82) is 0 Å². The lowest BCUT2D eigenvalue weighted by molar-refractivity contribution is 0.409. The van der Waals surface area contributed by atoms with Gasteiger partial charge >= 0.3 is 0 Å². The molecule has 112 valence electrons. The first-order valence-electron chi connectivity index (χ1n) is 7.15. The van der Waals surface area contributed by atoms with Crippen LogP contribution < -0.4 is 4.74 Å². The molecule has 2 aromatic carbocycles. The molecular weight excluding hydrogens is 270 g/mol. The minimum atomic E-state index is -0.544. The molecule has 0 heterocycles. The van der Waals surface area contributed by atoms with Gasteiger partial charge in [-0.05, 0) is 47.6 Å². The maximum absolute atomic E-state index is 13.8. The molecule has 2 rings (SSSR count). The van der Waals surface area contributed by atoms with Gasteiger partial charge in [-0.1, -0.05) is 32.0 Å². The van der Waals surface area contributed by atoms with Gasteiger partial charge in [0.05, 0.1) is 7.11 Å². The molecule has 0 bridgehead atoms. The lowest BCUT2D eigenvalue weighted by atomic mass is 9.92. The molecule has 0 aliphatic heterocycles. The van der Waals surface area contributed by atoms with Crippen LogP contribution in [0.25, 0.3) is 0 Å². The second-order valence-corrected chi connectivity index (χ2v) is 5.27. The van der Waals surface area contributed by atoms with Gasteiger partial charge < -0.3 is 4.74 Å². The number of halogens is 2.